The van der Waals surface area contributed by atoms with Crippen LogP contribution in [0.4, 0.5) is 0 Å². The highest BCUT2D eigenvalue weighted by atomic mass is 16.4. The van der Waals surface area contributed by atoms with Gasteiger partial charge in [-0.3, -0.25) is 4.79 Å². The zero-order valence-corrected chi connectivity index (χ0v) is 13.7. The van der Waals surface area contributed by atoms with Crippen molar-refractivity contribution in [3.63, 3.8) is 0 Å². The van der Waals surface area contributed by atoms with Crippen molar-refractivity contribution < 1.29 is 9.90 Å². The van der Waals surface area contributed by atoms with E-state index in [0.29, 0.717) is 10.8 Å². The van der Waals surface area contributed by atoms with E-state index in [1.807, 2.05) is 24.3 Å². The molecule has 1 aliphatic carbocycles. The maximum atomic E-state index is 10.9. The summed E-state index contributed by atoms with van der Waals surface area (Å²) in [6.07, 6.45) is 0. The Hall–Kier alpha value is -1.35. The fourth-order valence-electron chi connectivity index (χ4n) is 3.27. The Bertz CT molecular complexity index is 503. The fourth-order valence-corrected chi connectivity index (χ4v) is 3.27. The number of carbonyl (C=O) groups is 1. The molecule has 1 aromatic rings. The molecule has 0 aliphatic heterocycles. The van der Waals surface area contributed by atoms with Crippen LogP contribution < -0.4 is 5.32 Å². The minimum atomic E-state index is -0.779. The lowest BCUT2D eigenvalue weighted by atomic mass is 10.00. The predicted molar refractivity (Wildman–Crippen MR) is 85.3 cm³/mol. The Morgan fingerprint density at radius 2 is 1.71 bits per heavy atom. The molecule has 1 fully saturated rings. The van der Waals surface area contributed by atoms with E-state index in [1.165, 1.54) is 5.56 Å². The standard InChI is InChI=1S/C18H27NO2/c1-12(16(20)21)14-8-6-13(7-9-14)10-19-11-15-17(2,3)18(15,4)5/h6-9,12,15,19H,10-11H2,1-5H3,(H,20,21). The molecule has 1 saturated carbocycles. The lowest BCUT2D eigenvalue weighted by molar-refractivity contribution is -0.138. The van der Waals surface area contributed by atoms with E-state index in [2.05, 4.69) is 33.0 Å². The van der Waals surface area contributed by atoms with E-state index in [9.17, 15) is 4.79 Å². The fraction of sp³-hybridized carbons (Fsp3) is 0.611. The summed E-state index contributed by atoms with van der Waals surface area (Å²) in [4.78, 5) is 10.9. The Morgan fingerprint density at radius 1 is 1.19 bits per heavy atom. The number of carboxylic acids is 1. The Morgan fingerprint density at radius 3 is 2.14 bits per heavy atom. The molecule has 0 aromatic heterocycles. The summed E-state index contributed by atoms with van der Waals surface area (Å²) in [5, 5.41) is 12.5. The second-order valence-electron chi connectivity index (χ2n) is 7.43. The predicted octanol–water partition coefficient (Wildman–Crippen LogP) is 3.65. The van der Waals surface area contributed by atoms with Crippen LogP contribution in [0.3, 0.4) is 0 Å². The van der Waals surface area contributed by atoms with Gasteiger partial charge in [-0.15, -0.1) is 0 Å². The van der Waals surface area contributed by atoms with Crippen molar-refractivity contribution in [1.29, 1.82) is 0 Å². The smallest absolute Gasteiger partial charge is 0.310 e. The first-order chi connectivity index (χ1) is 9.68. The first-order valence-electron chi connectivity index (χ1n) is 7.70. The van der Waals surface area contributed by atoms with Crippen LogP contribution in [0.15, 0.2) is 24.3 Å². The first-order valence-corrected chi connectivity index (χ1v) is 7.70. The number of rotatable bonds is 6. The second-order valence-corrected chi connectivity index (χ2v) is 7.43. The molecule has 1 unspecified atom stereocenters. The molecule has 0 bridgehead atoms. The molecular formula is C18H27NO2. The van der Waals surface area contributed by atoms with Gasteiger partial charge in [-0.2, -0.15) is 0 Å². The minimum Gasteiger partial charge on any atom is -0.481 e. The molecule has 21 heavy (non-hydrogen) atoms. The number of benzene rings is 1. The van der Waals surface area contributed by atoms with Crippen LogP contribution in [0.5, 0.6) is 0 Å². The van der Waals surface area contributed by atoms with E-state index in [0.717, 1.165) is 24.6 Å². The van der Waals surface area contributed by atoms with Crippen molar-refractivity contribution in [3.05, 3.63) is 35.4 Å². The molecular weight excluding hydrogens is 262 g/mol. The number of nitrogens with one attached hydrogen (secondary N) is 1. The van der Waals surface area contributed by atoms with Gasteiger partial charge in [-0.05, 0) is 41.3 Å². The quantitative estimate of drug-likeness (QED) is 0.840. The van der Waals surface area contributed by atoms with Crippen LogP contribution in [0.25, 0.3) is 0 Å². The SMILES string of the molecule is CC(C(=O)O)c1ccc(CNCC2C(C)(C)C2(C)C)cc1. The van der Waals surface area contributed by atoms with Crippen molar-refractivity contribution in [2.45, 2.75) is 47.1 Å². The van der Waals surface area contributed by atoms with Crippen LogP contribution in [-0.2, 0) is 11.3 Å². The van der Waals surface area contributed by atoms with Crippen molar-refractivity contribution >= 4 is 5.97 Å². The number of hydrogen-bond acceptors (Lipinski definition) is 2. The van der Waals surface area contributed by atoms with Gasteiger partial charge in [0.25, 0.3) is 0 Å². The highest BCUT2D eigenvalue weighted by molar-refractivity contribution is 5.75. The monoisotopic (exact) mass is 289 g/mol. The third-order valence-electron chi connectivity index (χ3n) is 5.85. The summed E-state index contributed by atoms with van der Waals surface area (Å²) in [5.74, 6) is -0.504. The third-order valence-corrected chi connectivity index (χ3v) is 5.85. The summed E-state index contributed by atoms with van der Waals surface area (Å²) in [7, 11) is 0. The van der Waals surface area contributed by atoms with Crippen molar-refractivity contribution in [2.75, 3.05) is 6.54 Å². The highest BCUT2D eigenvalue weighted by Gasteiger charge is 2.63. The second kappa shape index (κ2) is 5.45. The van der Waals surface area contributed by atoms with Gasteiger partial charge in [-0.25, -0.2) is 0 Å². The lowest BCUT2D eigenvalue weighted by Gasteiger charge is -2.09. The highest BCUT2D eigenvalue weighted by Crippen LogP contribution is 2.67. The van der Waals surface area contributed by atoms with Gasteiger partial charge in [0, 0.05) is 6.54 Å². The van der Waals surface area contributed by atoms with E-state index >= 15 is 0 Å². The summed E-state index contributed by atoms with van der Waals surface area (Å²) < 4.78 is 0. The summed E-state index contributed by atoms with van der Waals surface area (Å²) in [5.41, 5.74) is 2.89. The maximum absolute atomic E-state index is 10.9. The Kier molecular flexibility index (Phi) is 4.16. The number of aliphatic carboxylic acids is 1. The van der Waals surface area contributed by atoms with E-state index in [-0.39, 0.29) is 0 Å². The zero-order valence-electron chi connectivity index (χ0n) is 13.7. The van der Waals surface area contributed by atoms with Gasteiger partial charge in [0.2, 0.25) is 0 Å². The average molecular weight is 289 g/mol. The molecule has 0 amide bonds. The van der Waals surface area contributed by atoms with Crippen LogP contribution >= 0.6 is 0 Å². The third kappa shape index (κ3) is 2.98. The molecule has 1 aromatic carbocycles. The van der Waals surface area contributed by atoms with Crippen LogP contribution in [0.2, 0.25) is 0 Å². The van der Waals surface area contributed by atoms with E-state index in [1.54, 1.807) is 6.92 Å². The molecule has 0 heterocycles. The molecule has 1 aliphatic rings. The molecule has 0 saturated heterocycles. The molecule has 3 heteroatoms. The molecule has 116 valence electrons. The molecule has 3 nitrogen and oxygen atoms in total. The largest absolute Gasteiger partial charge is 0.481 e. The zero-order chi connectivity index (χ0) is 15.8. The Balaban J connectivity index is 1.84. The van der Waals surface area contributed by atoms with Gasteiger partial charge in [0.05, 0.1) is 5.92 Å². The van der Waals surface area contributed by atoms with Gasteiger partial charge >= 0.3 is 5.97 Å². The van der Waals surface area contributed by atoms with E-state index < -0.39 is 11.9 Å². The number of carboxylic acid groups (broad SMARTS) is 1. The summed E-state index contributed by atoms with van der Waals surface area (Å²) in [6, 6.07) is 7.87. The maximum Gasteiger partial charge on any atom is 0.310 e. The normalized spacial score (nSPS) is 21.0. The van der Waals surface area contributed by atoms with Crippen LogP contribution in [0, 0.1) is 16.7 Å². The summed E-state index contributed by atoms with van der Waals surface area (Å²) in [6.45, 7) is 12.9. The van der Waals surface area contributed by atoms with Crippen LogP contribution in [-0.4, -0.2) is 17.6 Å². The van der Waals surface area contributed by atoms with Gasteiger partial charge in [-0.1, -0.05) is 52.0 Å². The van der Waals surface area contributed by atoms with Crippen molar-refractivity contribution in [2.24, 2.45) is 16.7 Å². The Labute approximate surface area is 127 Å². The first kappa shape index (κ1) is 16.0. The lowest BCUT2D eigenvalue weighted by Crippen LogP contribution is -2.19. The summed E-state index contributed by atoms with van der Waals surface area (Å²) >= 11 is 0. The molecule has 2 N–H and O–H groups in total. The topological polar surface area (TPSA) is 49.3 Å². The van der Waals surface area contributed by atoms with E-state index in [4.69, 9.17) is 5.11 Å². The van der Waals surface area contributed by atoms with Crippen molar-refractivity contribution in [3.8, 4) is 0 Å². The van der Waals surface area contributed by atoms with Crippen molar-refractivity contribution in [1.82, 2.24) is 5.32 Å². The number of hydrogen-bond donors (Lipinski definition) is 2. The average Bonchev–Trinajstić information content (AvgIpc) is 2.80. The molecule has 1 atom stereocenters. The van der Waals surface area contributed by atoms with Gasteiger partial charge in [0.15, 0.2) is 0 Å². The van der Waals surface area contributed by atoms with Gasteiger partial charge < -0.3 is 10.4 Å². The van der Waals surface area contributed by atoms with Gasteiger partial charge in [0.1, 0.15) is 0 Å². The molecule has 0 radical (unpaired) electrons. The molecule has 2 rings (SSSR count). The van der Waals surface area contributed by atoms with Crippen LogP contribution in [0.1, 0.15) is 51.7 Å². The molecule has 0 spiro atoms. The minimum absolute atomic E-state index is 0.417.